The highest BCUT2D eigenvalue weighted by atomic mass is 16.5. The quantitative estimate of drug-likeness (QED) is 0.110. The first-order valence-corrected chi connectivity index (χ1v) is 12.9. The molecule has 0 aliphatic carbocycles. The van der Waals surface area contributed by atoms with Gasteiger partial charge in [-0.15, -0.1) is 0 Å². The lowest BCUT2D eigenvalue weighted by atomic mass is 10.1. The maximum atomic E-state index is 13.0. The molecule has 0 unspecified atom stereocenters. The van der Waals surface area contributed by atoms with Gasteiger partial charge in [0.1, 0.15) is 11.5 Å². The van der Waals surface area contributed by atoms with Crippen LogP contribution < -0.4 is 34.4 Å². The number of rotatable bonds is 11. The highest BCUT2D eigenvalue weighted by molar-refractivity contribution is 6.05. The maximum absolute atomic E-state index is 13.0. The SMILES string of the molecule is COc1cccc(C(=O)Nc2cccc(C(=O)NN=Cc3ccccc3OC(=O)c3cc(OC)c(OC)c(OC)c3)c2)c1. The normalized spacial score (nSPS) is 10.5. The van der Waals surface area contributed by atoms with Gasteiger partial charge in [-0.2, -0.15) is 5.10 Å². The predicted octanol–water partition coefficient (Wildman–Crippen LogP) is 4.96. The minimum atomic E-state index is -0.669. The Balaban J connectivity index is 1.43. The van der Waals surface area contributed by atoms with E-state index in [1.54, 1.807) is 66.7 Å². The second-order valence-electron chi connectivity index (χ2n) is 8.81. The molecule has 0 fully saturated rings. The van der Waals surface area contributed by atoms with Gasteiger partial charge in [0, 0.05) is 22.4 Å². The van der Waals surface area contributed by atoms with Crippen molar-refractivity contribution in [2.24, 2.45) is 5.10 Å². The summed E-state index contributed by atoms with van der Waals surface area (Å²) in [5.41, 5.74) is 4.15. The summed E-state index contributed by atoms with van der Waals surface area (Å²) < 4.78 is 26.7. The lowest BCUT2D eigenvalue weighted by Gasteiger charge is -2.14. The van der Waals surface area contributed by atoms with Gasteiger partial charge in [0.2, 0.25) is 5.75 Å². The summed E-state index contributed by atoms with van der Waals surface area (Å²) >= 11 is 0. The molecule has 0 aliphatic heterocycles. The molecule has 0 saturated carbocycles. The molecule has 0 atom stereocenters. The number of methoxy groups -OCH3 is 4. The molecule has 0 saturated heterocycles. The fourth-order valence-electron chi connectivity index (χ4n) is 3.97. The number of nitrogens with one attached hydrogen (secondary N) is 2. The molecule has 0 aliphatic rings. The van der Waals surface area contributed by atoms with Crippen molar-refractivity contribution in [3.05, 3.63) is 107 Å². The molecule has 0 bridgehead atoms. The smallest absolute Gasteiger partial charge is 0.343 e. The van der Waals surface area contributed by atoms with Crippen LogP contribution in [0.15, 0.2) is 90.0 Å². The zero-order chi connectivity index (χ0) is 30.8. The number of para-hydroxylation sites is 1. The Kier molecular flexibility index (Phi) is 9.93. The van der Waals surface area contributed by atoms with E-state index in [9.17, 15) is 14.4 Å². The van der Waals surface area contributed by atoms with Gasteiger partial charge >= 0.3 is 5.97 Å². The zero-order valence-corrected chi connectivity index (χ0v) is 23.9. The van der Waals surface area contributed by atoms with Crippen molar-refractivity contribution in [2.75, 3.05) is 33.8 Å². The van der Waals surface area contributed by atoms with Gasteiger partial charge in [-0.1, -0.05) is 24.3 Å². The Morgan fingerprint density at radius 1 is 0.651 bits per heavy atom. The van der Waals surface area contributed by atoms with E-state index in [1.165, 1.54) is 52.9 Å². The molecular weight excluding hydrogens is 554 g/mol. The molecule has 0 spiro atoms. The lowest BCUT2D eigenvalue weighted by molar-refractivity contribution is 0.0733. The zero-order valence-electron chi connectivity index (χ0n) is 23.9. The van der Waals surface area contributed by atoms with Crippen molar-refractivity contribution in [1.29, 1.82) is 0 Å². The van der Waals surface area contributed by atoms with Crippen molar-refractivity contribution in [3.63, 3.8) is 0 Å². The fourth-order valence-corrected chi connectivity index (χ4v) is 3.97. The lowest BCUT2D eigenvalue weighted by Crippen LogP contribution is -2.18. The van der Waals surface area contributed by atoms with Gasteiger partial charge in [-0.3, -0.25) is 9.59 Å². The number of ether oxygens (including phenoxy) is 5. The third kappa shape index (κ3) is 7.47. The Hall–Kier alpha value is -5.84. The number of anilines is 1. The van der Waals surface area contributed by atoms with E-state index in [0.717, 1.165) is 0 Å². The number of esters is 1. The second-order valence-corrected chi connectivity index (χ2v) is 8.81. The number of carbonyl (C=O) groups excluding carboxylic acids is 3. The van der Waals surface area contributed by atoms with Gasteiger partial charge in [0.25, 0.3) is 11.8 Å². The van der Waals surface area contributed by atoms with Gasteiger partial charge in [0.05, 0.1) is 40.2 Å². The Labute approximate surface area is 248 Å². The van der Waals surface area contributed by atoms with Crippen molar-refractivity contribution in [2.45, 2.75) is 0 Å². The van der Waals surface area contributed by atoms with Crippen LogP contribution in [0.2, 0.25) is 0 Å². The topological polar surface area (TPSA) is 134 Å². The minimum absolute atomic E-state index is 0.174. The first-order valence-electron chi connectivity index (χ1n) is 12.9. The highest BCUT2D eigenvalue weighted by Gasteiger charge is 2.19. The predicted molar refractivity (Wildman–Crippen MR) is 160 cm³/mol. The molecule has 0 aromatic heterocycles. The molecule has 0 heterocycles. The number of hydrogen-bond donors (Lipinski definition) is 2. The van der Waals surface area contributed by atoms with Crippen molar-refractivity contribution >= 4 is 29.7 Å². The van der Waals surface area contributed by atoms with Crippen LogP contribution in [0.1, 0.15) is 36.6 Å². The van der Waals surface area contributed by atoms with Gasteiger partial charge in [-0.05, 0) is 60.7 Å². The van der Waals surface area contributed by atoms with Crippen LogP contribution in [0.5, 0.6) is 28.7 Å². The van der Waals surface area contributed by atoms with Crippen molar-refractivity contribution in [3.8, 4) is 28.7 Å². The molecule has 4 rings (SSSR count). The van der Waals surface area contributed by atoms with E-state index in [1.807, 2.05) is 0 Å². The molecule has 2 amide bonds. The molecule has 0 radical (unpaired) electrons. The monoisotopic (exact) mass is 583 g/mol. The van der Waals surface area contributed by atoms with E-state index in [4.69, 9.17) is 23.7 Å². The van der Waals surface area contributed by atoms with Gasteiger partial charge in [-0.25, -0.2) is 10.2 Å². The van der Waals surface area contributed by atoms with Crippen LogP contribution in [-0.4, -0.2) is 52.4 Å². The summed E-state index contributed by atoms with van der Waals surface area (Å²) in [6, 6.07) is 22.8. The van der Waals surface area contributed by atoms with E-state index < -0.39 is 11.9 Å². The van der Waals surface area contributed by atoms with Crippen LogP contribution in [0.25, 0.3) is 0 Å². The molecular formula is C32H29N3O8. The third-order valence-corrected chi connectivity index (χ3v) is 6.11. The Morgan fingerprint density at radius 3 is 2.00 bits per heavy atom. The molecule has 43 heavy (non-hydrogen) atoms. The van der Waals surface area contributed by atoms with E-state index >= 15 is 0 Å². The summed E-state index contributed by atoms with van der Waals surface area (Å²) in [5, 5.41) is 6.78. The number of carbonyl (C=O) groups is 3. The Morgan fingerprint density at radius 2 is 1.33 bits per heavy atom. The van der Waals surface area contributed by atoms with Crippen LogP contribution in [0, 0.1) is 0 Å². The van der Waals surface area contributed by atoms with Crippen molar-refractivity contribution < 1.29 is 38.1 Å². The van der Waals surface area contributed by atoms with Crippen molar-refractivity contribution in [1.82, 2.24) is 5.43 Å². The first kappa shape index (κ1) is 30.1. The minimum Gasteiger partial charge on any atom is -0.497 e. The number of hydrogen-bond acceptors (Lipinski definition) is 9. The molecule has 4 aromatic rings. The molecule has 4 aromatic carbocycles. The van der Waals surface area contributed by atoms with E-state index in [2.05, 4.69) is 15.8 Å². The highest BCUT2D eigenvalue weighted by Crippen LogP contribution is 2.38. The summed E-state index contributed by atoms with van der Waals surface area (Å²) in [4.78, 5) is 38.4. The third-order valence-electron chi connectivity index (χ3n) is 6.11. The van der Waals surface area contributed by atoms with Gasteiger partial charge < -0.3 is 29.0 Å². The summed E-state index contributed by atoms with van der Waals surface area (Å²) in [6.07, 6.45) is 1.35. The van der Waals surface area contributed by atoms with Crippen LogP contribution >= 0.6 is 0 Å². The number of amides is 2. The average molecular weight is 584 g/mol. The second kappa shape index (κ2) is 14.2. The van der Waals surface area contributed by atoms with E-state index in [0.29, 0.717) is 39.8 Å². The average Bonchev–Trinajstić information content (AvgIpc) is 3.04. The molecule has 2 N–H and O–H groups in total. The summed E-state index contributed by atoms with van der Waals surface area (Å²) in [6.45, 7) is 0. The maximum Gasteiger partial charge on any atom is 0.343 e. The van der Waals surface area contributed by atoms with Crippen LogP contribution in [0.4, 0.5) is 5.69 Å². The largest absolute Gasteiger partial charge is 0.497 e. The fraction of sp³-hybridized carbons (Fsp3) is 0.125. The molecule has 11 nitrogen and oxygen atoms in total. The Bertz CT molecular complexity index is 1640. The van der Waals surface area contributed by atoms with Gasteiger partial charge in [0.15, 0.2) is 11.5 Å². The number of nitrogens with zero attached hydrogens (tertiary/aromatic N) is 1. The molecule has 11 heteroatoms. The number of benzene rings is 4. The standard InChI is InChI=1S/C32H29N3O8/c1-39-25-13-8-11-21(16-25)30(36)34-24-12-7-10-20(15-24)31(37)35-33-19-22-9-5-6-14-26(22)43-32(38)23-17-27(40-2)29(42-4)28(18-23)41-3/h5-19H,1-4H3,(H,34,36)(H,35,37). The summed E-state index contributed by atoms with van der Waals surface area (Å²) in [5.74, 6) is 0.169. The van der Waals surface area contributed by atoms with Crippen LogP contribution in [0.3, 0.4) is 0 Å². The molecule has 220 valence electrons. The summed E-state index contributed by atoms with van der Waals surface area (Å²) in [7, 11) is 5.87. The van der Waals surface area contributed by atoms with E-state index in [-0.39, 0.29) is 22.8 Å². The first-order chi connectivity index (χ1) is 20.9. The van der Waals surface area contributed by atoms with Crippen LogP contribution in [-0.2, 0) is 0 Å². The number of hydrazone groups is 1.